The van der Waals surface area contributed by atoms with Gasteiger partial charge in [0.2, 0.25) is 11.7 Å². The van der Waals surface area contributed by atoms with Crippen LogP contribution in [0.5, 0.6) is 5.75 Å². The molecule has 2 aromatic heterocycles. The van der Waals surface area contributed by atoms with Gasteiger partial charge in [-0.05, 0) is 67.6 Å². The minimum Gasteiger partial charge on any atom is -0.494 e. The molecule has 10 heteroatoms. The fraction of sp³-hybridized carbons (Fsp3) is 0.125. The number of carbonyl (C=O) groups excluding carboxylic acids is 2. The van der Waals surface area contributed by atoms with Gasteiger partial charge in [0.1, 0.15) is 18.0 Å². The number of ether oxygens (including phenoxy) is 1. The minimum absolute atomic E-state index is 0.155. The zero-order valence-electron chi connectivity index (χ0n) is 18.2. The monoisotopic (exact) mass is 459 g/mol. The van der Waals surface area contributed by atoms with E-state index in [1.165, 1.54) is 0 Å². The van der Waals surface area contributed by atoms with Crippen molar-refractivity contribution >= 4 is 23.2 Å². The summed E-state index contributed by atoms with van der Waals surface area (Å²) in [5.41, 5.74) is 1.92. The summed E-state index contributed by atoms with van der Waals surface area (Å²) < 4.78 is 11.2. The fourth-order valence-electron chi connectivity index (χ4n) is 3.14. The van der Waals surface area contributed by atoms with Crippen LogP contribution >= 0.6 is 0 Å². The Kier molecular flexibility index (Phi) is 6.78. The van der Waals surface area contributed by atoms with Crippen LogP contribution in [0.4, 0.5) is 11.4 Å². The lowest BCUT2D eigenvalue weighted by atomic mass is 10.2. The summed E-state index contributed by atoms with van der Waals surface area (Å²) in [6, 6.07) is 18.5. The van der Waals surface area contributed by atoms with Gasteiger partial charge >= 0.3 is 5.76 Å². The SMILES string of the molecule is CCOc1ccc(NC(=O)c2ccc(NC(=O)Cn3c(-c4ccccn4)noc3=O)cc2)cc1. The molecule has 0 fully saturated rings. The van der Waals surface area contributed by atoms with Gasteiger partial charge in [-0.1, -0.05) is 11.2 Å². The Labute approximate surface area is 194 Å². The van der Waals surface area contributed by atoms with E-state index in [2.05, 4.69) is 20.8 Å². The number of nitrogens with zero attached hydrogens (tertiary/aromatic N) is 3. The molecule has 2 heterocycles. The number of anilines is 2. The number of aromatic nitrogens is 3. The zero-order chi connectivity index (χ0) is 23.9. The average molecular weight is 459 g/mol. The van der Waals surface area contributed by atoms with Crippen LogP contribution < -0.4 is 21.1 Å². The molecule has 0 atom stereocenters. The number of pyridine rings is 1. The van der Waals surface area contributed by atoms with Crippen LogP contribution in [-0.4, -0.2) is 33.1 Å². The zero-order valence-corrected chi connectivity index (χ0v) is 18.2. The van der Waals surface area contributed by atoms with Gasteiger partial charge in [0, 0.05) is 23.1 Å². The van der Waals surface area contributed by atoms with Crippen LogP contribution in [0.15, 0.2) is 82.2 Å². The molecule has 4 rings (SSSR count). The number of carbonyl (C=O) groups is 2. The molecular formula is C24H21N5O5. The first-order valence-corrected chi connectivity index (χ1v) is 10.5. The molecule has 0 unspecified atom stereocenters. The highest BCUT2D eigenvalue weighted by molar-refractivity contribution is 6.04. The Morgan fingerprint density at radius 1 is 0.971 bits per heavy atom. The van der Waals surface area contributed by atoms with Crippen LogP contribution in [0.2, 0.25) is 0 Å². The Bertz CT molecular complexity index is 1330. The van der Waals surface area contributed by atoms with Gasteiger partial charge in [-0.2, -0.15) is 0 Å². The van der Waals surface area contributed by atoms with Gasteiger partial charge in [-0.25, -0.2) is 9.36 Å². The number of rotatable bonds is 8. The molecule has 2 amide bonds. The van der Waals surface area contributed by atoms with Crippen molar-refractivity contribution in [1.82, 2.24) is 14.7 Å². The predicted octanol–water partition coefficient (Wildman–Crippen LogP) is 3.19. The molecule has 0 bridgehead atoms. The first-order chi connectivity index (χ1) is 16.5. The van der Waals surface area contributed by atoms with Crippen LogP contribution in [0, 0.1) is 0 Å². The third-order valence-electron chi connectivity index (χ3n) is 4.74. The summed E-state index contributed by atoms with van der Waals surface area (Å²) in [6.07, 6.45) is 1.55. The van der Waals surface area contributed by atoms with Crippen LogP contribution in [0.25, 0.3) is 11.5 Å². The van der Waals surface area contributed by atoms with E-state index in [1.54, 1.807) is 72.9 Å². The molecule has 0 aliphatic rings. The van der Waals surface area contributed by atoms with E-state index in [9.17, 15) is 14.4 Å². The van der Waals surface area contributed by atoms with E-state index < -0.39 is 11.7 Å². The van der Waals surface area contributed by atoms with E-state index >= 15 is 0 Å². The summed E-state index contributed by atoms with van der Waals surface area (Å²) in [4.78, 5) is 41.1. The van der Waals surface area contributed by atoms with Crippen LogP contribution in [0.1, 0.15) is 17.3 Å². The maximum Gasteiger partial charge on any atom is 0.442 e. The van der Waals surface area contributed by atoms with Crippen molar-refractivity contribution in [3.05, 3.63) is 89.0 Å². The second kappa shape index (κ2) is 10.3. The second-order valence-corrected chi connectivity index (χ2v) is 7.11. The molecule has 172 valence electrons. The molecule has 0 aliphatic carbocycles. The number of benzene rings is 2. The maximum atomic E-state index is 12.5. The Morgan fingerprint density at radius 3 is 2.35 bits per heavy atom. The topological polar surface area (TPSA) is 128 Å². The smallest absolute Gasteiger partial charge is 0.442 e. The van der Waals surface area contributed by atoms with Crippen molar-refractivity contribution in [3.8, 4) is 17.3 Å². The summed E-state index contributed by atoms with van der Waals surface area (Å²) in [6.45, 7) is 2.15. The summed E-state index contributed by atoms with van der Waals surface area (Å²) in [5.74, 6) is -0.646. The summed E-state index contributed by atoms with van der Waals surface area (Å²) >= 11 is 0. The highest BCUT2D eigenvalue weighted by Crippen LogP contribution is 2.17. The van der Waals surface area contributed by atoms with Crippen molar-refractivity contribution in [3.63, 3.8) is 0 Å². The fourth-order valence-corrected chi connectivity index (χ4v) is 3.14. The second-order valence-electron chi connectivity index (χ2n) is 7.11. The largest absolute Gasteiger partial charge is 0.494 e. The normalized spacial score (nSPS) is 10.5. The molecule has 4 aromatic rings. The van der Waals surface area contributed by atoms with E-state index in [0.29, 0.717) is 29.2 Å². The van der Waals surface area contributed by atoms with Crippen molar-refractivity contribution in [2.75, 3.05) is 17.2 Å². The van der Waals surface area contributed by atoms with Crippen molar-refractivity contribution in [2.45, 2.75) is 13.5 Å². The lowest BCUT2D eigenvalue weighted by molar-refractivity contribution is -0.116. The first kappa shape index (κ1) is 22.5. The summed E-state index contributed by atoms with van der Waals surface area (Å²) in [7, 11) is 0. The quantitative estimate of drug-likeness (QED) is 0.414. The van der Waals surface area contributed by atoms with Crippen molar-refractivity contribution < 1.29 is 18.8 Å². The van der Waals surface area contributed by atoms with E-state index in [4.69, 9.17) is 9.26 Å². The molecule has 34 heavy (non-hydrogen) atoms. The molecule has 2 N–H and O–H groups in total. The Balaban J connectivity index is 1.37. The lowest BCUT2D eigenvalue weighted by Crippen LogP contribution is -2.25. The number of hydrogen-bond acceptors (Lipinski definition) is 7. The first-order valence-electron chi connectivity index (χ1n) is 10.5. The molecule has 0 saturated heterocycles. The number of hydrogen-bond donors (Lipinski definition) is 2. The highest BCUT2D eigenvalue weighted by atomic mass is 16.5. The number of amides is 2. The average Bonchev–Trinajstić information content (AvgIpc) is 3.21. The standard InChI is InChI=1S/C24H21N5O5/c1-2-33-19-12-10-18(11-13-19)27-23(31)16-6-8-17(9-7-16)26-21(30)15-29-22(28-34-24(29)32)20-5-3-4-14-25-20/h3-14H,2,15H2,1H3,(H,26,30)(H,27,31). The highest BCUT2D eigenvalue weighted by Gasteiger charge is 2.17. The Morgan fingerprint density at radius 2 is 1.68 bits per heavy atom. The third kappa shape index (κ3) is 5.36. The van der Waals surface area contributed by atoms with Gasteiger partial charge < -0.3 is 15.4 Å². The van der Waals surface area contributed by atoms with Gasteiger partial charge in [0.05, 0.1) is 6.61 Å². The number of nitrogens with one attached hydrogen (secondary N) is 2. The minimum atomic E-state index is -0.767. The van der Waals surface area contributed by atoms with Gasteiger partial charge in [-0.15, -0.1) is 0 Å². The maximum absolute atomic E-state index is 12.5. The molecule has 10 nitrogen and oxygen atoms in total. The predicted molar refractivity (Wildman–Crippen MR) is 125 cm³/mol. The van der Waals surface area contributed by atoms with Crippen LogP contribution in [-0.2, 0) is 11.3 Å². The van der Waals surface area contributed by atoms with Crippen molar-refractivity contribution in [1.29, 1.82) is 0 Å². The summed E-state index contributed by atoms with van der Waals surface area (Å²) in [5, 5.41) is 9.20. The van der Waals surface area contributed by atoms with E-state index in [1.807, 2.05) is 6.92 Å². The van der Waals surface area contributed by atoms with E-state index in [0.717, 1.165) is 10.3 Å². The van der Waals surface area contributed by atoms with E-state index in [-0.39, 0.29) is 18.3 Å². The Hall–Kier alpha value is -4.73. The van der Waals surface area contributed by atoms with Gasteiger partial charge in [0.25, 0.3) is 5.91 Å². The third-order valence-corrected chi connectivity index (χ3v) is 4.74. The van der Waals surface area contributed by atoms with Crippen LogP contribution in [0.3, 0.4) is 0 Å². The molecular weight excluding hydrogens is 438 g/mol. The van der Waals surface area contributed by atoms with Gasteiger partial charge in [0.15, 0.2) is 0 Å². The lowest BCUT2D eigenvalue weighted by Gasteiger charge is -2.09. The molecule has 0 aliphatic heterocycles. The molecule has 0 saturated carbocycles. The molecule has 0 spiro atoms. The molecule has 0 radical (unpaired) electrons. The van der Waals surface area contributed by atoms with Gasteiger partial charge in [-0.3, -0.25) is 19.1 Å². The molecule has 2 aromatic carbocycles. The van der Waals surface area contributed by atoms with Crippen molar-refractivity contribution in [2.24, 2.45) is 0 Å².